The summed E-state index contributed by atoms with van der Waals surface area (Å²) in [5.74, 6) is 0. The number of unbranched alkanes of at least 4 members (excludes halogenated alkanes) is 2. The van der Waals surface area contributed by atoms with Gasteiger partial charge in [-0.05, 0) is 48.3 Å². The maximum absolute atomic E-state index is 11.6. The minimum absolute atomic E-state index is 0. The third kappa shape index (κ3) is 5.30. The quantitative estimate of drug-likeness (QED) is 0.565. The van der Waals surface area contributed by atoms with Crippen molar-refractivity contribution in [2.75, 3.05) is 0 Å². The maximum atomic E-state index is 11.6. The third-order valence-electron chi connectivity index (χ3n) is 3.97. The van der Waals surface area contributed by atoms with Crippen molar-refractivity contribution in [2.45, 2.75) is 57.3 Å². The van der Waals surface area contributed by atoms with E-state index in [0.29, 0.717) is 5.39 Å². The van der Waals surface area contributed by atoms with Crippen molar-refractivity contribution in [3.05, 3.63) is 41.5 Å². The monoisotopic (exact) mass is 342 g/mol. The van der Waals surface area contributed by atoms with Crippen molar-refractivity contribution in [3.8, 4) is 0 Å². The largest absolute Gasteiger partial charge is 1.00 e. The number of hydrogen-bond donors (Lipinski definition) is 0. The summed E-state index contributed by atoms with van der Waals surface area (Å²) >= 11 is 0. The fraction of sp³-hybridized carbons (Fsp3) is 0.444. The Labute approximate surface area is 161 Å². The average Bonchev–Trinajstić information content (AvgIpc) is 2.48. The number of rotatable bonds is 7. The van der Waals surface area contributed by atoms with Gasteiger partial charge in [-0.3, -0.25) is 0 Å². The van der Waals surface area contributed by atoms with Gasteiger partial charge in [0.2, 0.25) is 0 Å². The van der Waals surface area contributed by atoms with Crippen molar-refractivity contribution in [2.24, 2.45) is 0 Å². The van der Waals surface area contributed by atoms with Gasteiger partial charge in [-0.15, -0.1) is 0 Å². The van der Waals surface area contributed by atoms with E-state index in [1.165, 1.54) is 11.6 Å². The van der Waals surface area contributed by atoms with Crippen LogP contribution in [0, 0.1) is 0 Å². The molecule has 2 aromatic rings. The number of aryl methyl sites for hydroxylation is 2. The van der Waals surface area contributed by atoms with Crippen LogP contribution in [0.25, 0.3) is 10.8 Å². The Hall–Kier alpha value is -0.390. The standard InChI is InChI=1S/C18H24O3S.Na/c1-3-5-8-14-12-15(9-6-4-2)18-16(13-14)10-7-11-17(18)22(19,20)21;/h7,10-13H,3-6,8-9H2,1-2H3,(H,19,20,21);/q;+1/p-1. The Morgan fingerprint density at radius 3 is 2.26 bits per heavy atom. The molecule has 2 rings (SSSR count). The SMILES string of the molecule is CCCCc1cc(CCCC)c2c(S(=O)(=O)[O-])cccc2c1.[Na+]. The summed E-state index contributed by atoms with van der Waals surface area (Å²) < 4.78 is 34.7. The van der Waals surface area contributed by atoms with Gasteiger partial charge in [-0.25, -0.2) is 8.42 Å². The van der Waals surface area contributed by atoms with Gasteiger partial charge in [0.05, 0.1) is 4.90 Å². The zero-order valence-electron chi connectivity index (χ0n) is 14.3. The molecule has 2 aromatic carbocycles. The molecule has 0 heterocycles. The van der Waals surface area contributed by atoms with E-state index in [4.69, 9.17) is 0 Å². The summed E-state index contributed by atoms with van der Waals surface area (Å²) in [6.07, 6.45) is 6.04. The minimum atomic E-state index is -4.46. The Kier molecular flexibility index (Phi) is 8.25. The van der Waals surface area contributed by atoms with Gasteiger partial charge in [0.25, 0.3) is 0 Å². The van der Waals surface area contributed by atoms with Crippen LogP contribution in [0.4, 0.5) is 0 Å². The zero-order chi connectivity index (χ0) is 16.2. The molecule has 0 aliphatic heterocycles. The molecule has 0 saturated heterocycles. The molecule has 0 bridgehead atoms. The summed E-state index contributed by atoms with van der Waals surface area (Å²) in [4.78, 5) is -0.0851. The van der Waals surface area contributed by atoms with Crippen LogP contribution in [-0.2, 0) is 23.0 Å². The van der Waals surface area contributed by atoms with E-state index in [1.807, 2.05) is 12.1 Å². The van der Waals surface area contributed by atoms with E-state index >= 15 is 0 Å². The van der Waals surface area contributed by atoms with Crippen LogP contribution < -0.4 is 29.6 Å². The first kappa shape index (κ1) is 20.7. The normalized spacial score (nSPS) is 11.4. The molecule has 0 amide bonds. The van der Waals surface area contributed by atoms with E-state index in [-0.39, 0.29) is 34.5 Å². The van der Waals surface area contributed by atoms with Gasteiger partial charge in [0.1, 0.15) is 10.1 Å². The fourth-order valence-corrected chi connectivity index (χ4v) is 3.59. The molecule has 23 heavy (non-hydrogen) atoms. The predicted octanol–water partition coefficient (Wildman–Crippen LogP) is 1.43. The summed E-state index contributed by atoms with van der Waals surface area (Å²) in [6.45, 7) is 4.26. The number of fused-ring (bicyclic) bond motifs is 1. The molecule has 0 N–H and O–H groups in total. The Balaban J connectivity index is 0.00000264. The van der Waals surface area contributed by atoms with Crippen LogP contribution in [0.5, 0.6) is 0 Å². The van der Waals surface area contributed by atoms with Crippen molar-refractivity contribution >= 4 is 20.9 Å². The molecule has 0 atom stereocenters. The van der Waals surface area contributed by atoms with Crippen molar-refractivity contribution in [1.29, 1.82) is 0 Å². The first-order valence-electron chi connectivity index (χ1n) is 7.97. The molecule has 0 saturated carbocycles. The van der Waals surface area contributed by atoms with Crippen LogP contribution in [-0.4, -0.2) is 13.0 Å². The molecule has 3 nitrogen and oxygen atoms in total. The molecule has 0 aliphatic rings. The molecule has 0 aromatic heterocycles. The van der Waals surface area contributed by atoms with E-state index in [1.54, 1.807) is 6.07 Å². The molecule has 5 heteroatoms. The topological polar surface area (TPSA) is 57.2 Å². The van der Waals surface area contributed by atoms with Gasteiger partial charge in [0.15, 0.2) is 0 Å². The Bertz CT molecular complexity index is 754. The minimum Gasteiger partial charge on any atom is -0.744 e. The molecule has 120 valence electrons. The Morgan fingerprint density at radius 2 is 1.65 bits per heavy atom. The van der Waals surface area contributed by atoms with Crippen LogP contribution in [0.15, 0.2) is 35.2 Å². The van der Waals surface area contributed by atoms with E-state index in [0.717, 1.165) is 49.5 Å². The van der Waals surface area contributed by atoms with Crippen LogP contribution in [0.3, 0.4) is 0 Å². The fourth-order valence-electron chi connectivity index (χ4n) is 2.85. The number of benzene rings is 2. The number of hydrogen-bond acceptors (Lipinski definition) is 3. The van der Waals surface area contributed by atoms with Crippen molar-refractivity contribution in [3.63, 3.8) is 0 Å². The molecule has 0 radical (unpaired) electrons. The predicted molar refractivity (Wildman–Crippen MR) is 89.1 cm³/mol. The van der Waals surface area contributed by atoms with Gasteiger partial charge in [-0.1, -0.05) is 51.0 Å². The molecular formula is C18H23NaO3S. The average molecular weight is 342 g/mol. The smallest absolute Gasteiger partial charge is 0.744 e. The van der Waals surface area contributed by atoms with Crippen molar-refractivity contribution in [1.82, 2.24) is 0 Å². The van der Waals surface area contributed by atoms with Gasteiger partial charge in [-0.2, -0.15) is 0 Å². The van der Waals surface area contributed by atoms with Crippen LogP contribution in [0.2, 0.25) is 0 Å². The van der Waals surface area contributed by atoms with Gasteiger partial charge < -0.3 is 4.55 Å². The van der Waals surface area contributed by atoms with Crippen LogP contribution >= 0.6 is 0 Å². The van der Waals surface area contributed by atoms with Crippen molar-refractivity contribution < 1.29 is 42.5 Å². The van der Waals surface area contributed by atoms with E-state index in [2.05, 4.69) is 19.9 Å². The second-order valence-corrected chi connectivity index (χ2v) is 7.12. The van der Waals surface area contributed by atoms with E-state index in [9.17, 15) is 13.0 Å². The molecule has 0 fully saturated rings. The Morgan fingerprint density at radius 1 is 1.00 bits per heavy atom. The second-order valence-electron chi connectivity index (χ2n) is 5.77. The molecular weight excluding hydrogens is 319 g/mol. The van der Waals surface area contributed by atoms with E-state index < -0.39 is 10.1 Å². The molecule has 0 unspecified atom stereocenters. The summed E-state index contributed by atoms with van der Waals surface area (Å²) in [5.41, 5.74) is 2.21. The summed E-state index contributed by atoms with van der Waals surface area (Å²) in [5, 5.41) is 1.47. The molecule has 0 spiro atoms. The summed E-state index contributed by atoms with van der Waals surface area (Å²) in [6, 6.07) is 9.08. The first-order valence-corrected chi connectivity index (χ1v) is 9.38. The third-order valence-corrected chi connectivity index (χ3v) is 4.85. The van der Waals surface area contributed by atoms with Gasteiger partial charge in [0, 0.05) is 5.39 Å². The molecule has 0 aliphatic carbocycles. The first-order chi connectivity index (χ1) is 10.5. The zero-order valence-corrected chi connectivity index (χ0v) is 17.1. The second kappa shape index (κ2) is 9.19. The maximum Gasteiger partial charge on any atom is 1.00 e. The van der Waals surface area contributed by atoms with Crippen LogP contribution in [0.1, 0.15) is 50.7 Å². The van der Waals surface area contributed by atoms with Gasteiger partial charge >= 0.3 is 29.6 Å². The summed E-state index contributed by atoms with van der Waals surface area (Å²) in [7, 11) is -4.46.